The second kappa shape index (κ2) is 8.11. The normalized spacial score (nSPS) is 24.6. The third kappa shape index (κ3) is 4.03. The predicted molar refractivity (Wildman–Crippen MR) is 119 cm³/mol. The maximum Gasteiger partial charge on any atom is 0.224 e. The fraction of sp³-hybridized carbons (Fsp3) is 0.346. The molecule has 0 radical (unpaired) electrons. The number of hydrogen-bond donors (Lipinski definition) is 1. The molecule has 2 aromatic heterocycles. The van der Waals surface area contributed by atoms with E-state index in [2.05, 4.69) is 27.3 Å². The summed E-state index contributed by atoms with van der Waals surface area (Å²) in [6.07, 6.45) is 13.7. The Morgan fingerprint density at radius 3 is 2.61 bits per heavy atom. The number of nitrogens with zero attached hydrogens (tertiary/aromatic N) is 2. The molecule has 5 heteroatoms. The first-order valence-electron chi connectivity index (χ1n) is 10.9. The molecule has 4 nitrogen and oxygen atoms in total. The molecule has 0 bridgehead atoms. The second-order valence-corrected chi connectivity index (χ2v) is 8.92. The first-order valence-corrected chi connectivity index (χ1v) is 10.9. The lowest BCUT2D eigenvalue weighted by Crippen LogP contribution is -2.16. The van der Waals surface area contributed by atoms with Gasteiger partial charge in [0, 0.05) is 18.0 Å². The molecule has 1 amide bonds. The van der Waals surface area contributed by atoms with Gasteiger partial charge in [0.25, 0.3) is 0 Å². The number of halogens is 1. The summed E-state index contributed by atoms with van der Waals surface area (Å²) in [7, 11) is 0. The van der Waals surface area contributed by atoms with Crippen molar-refractivity contribution >= 4 is 22.5 Å². The second-order valence-electron chi connectivity index (χ2n) is 8.92. The molecule has 2 heterocycles. The Bertz CT molecular complexity index is 1150. The zero-order valence-corrected chi connectivity index (χ0v) is 17.2. The summed E-state index contributed by atoms with van der Waals surface area (Å²) in [5.74, 6) is 4.42. The van der Waals surface area contributed by atoms with Crippen LogP contribution in [-0.4, -0.2) is 15.9 Å². The van der Waals surface area contributed by atoms with Crippen LogP contribution in [0.15, 0.2) is 48.8 Å². The van der Waals surface area contributed by atoms with Crippen molar-refractivity contribution in [2.24, 2.45) is 17.8 Å². The van der Waals surface area contributed by atoms with Crippen molar-refractivity contribution < 1.29 is 9.18 Å². The Balaban J connectivity index is 1.20. The summed E-state index contributed by atoms with van der Waals surface area (Å²) in [6.45, 7) is 0. The van der Waals surface area contributed by atoms with Crippen molar-refractivity contribution in [3.8, 4) is 12.3 Å². The van der Waals surface area contributed by atoms with Gasteiger partial charge in [-0.05, 0) is 91.3 Å². The van der Waals surface area contributed by atoms with Crippen molar-refractivity contribution in [1.82, 2.24) is 9.97 Å². The number of fused-ring (bicyclic) bond motifs is 2. The van der Waals surface area contributed by atoms with Crippen molar-refractivity contribution in [2.45, 2.75) is 38.0 Å². The van der Waals surface area contributed by atoms with Gasteiger partial charge in [-0.15, -0.1) is 6.42 Å². The molecule has 2 aliphatic rings. The standard InChI is InChI=1S/C26H24FN3O/c1-2-21-4-5-22(15-29-21)30-26(31)11-16-9-17-12-19(13-18(17)10-16)23-7-8-28-25-6-3-20(27)14-24(23)25/h1,3-8,14-19H,9-13H2,(H,30,31)/t16?,17-,18?,19?/m0/s1. The van der Waals surface area contributed by atoms with Crippen LogP contribution < -0.4 is 5.32 Å². The van der Waals surface area contributed by atoms with E-state index in [1.807, 2.05) is 6.20 Å². The molecule has 3 aromatic rings. The Morgan fingerprint density at radius 2 is 1.90 bits per heavy atom. The highest BCUT2D eigenvalue weighted by Gasteiger charge is 2.42. The maximum absolute atomic E-state index is 13.8. The fourth-order valence-corrected chi connectivity index (χ4v) is 5.69. The van der Waals surface area contributed by atoms with Crippen LogP contribution in [0, 0.1) is 35.9 Å². The topological polar surface area (TPSA) is 54.9 Å². The summed E-state index contributed by atoms with van der Waals surface area (Å²) in [5, 5.41) is 3.87. The molecule has 1 aromatic carbocycles. The van der Waals surface area contributed by atoms with Crippen molar-refractivity contribution in [1.29, 1.82) is 0 Å². The predicted octanol–water partition coefficient (Wildman–Crippen LogP) is 5.30. The van der Waals surface area contributed by atoms with Crippen LogP contribution in [0.25, 0.3) is 10.9 Å². The molecule has 31 heavy (non-hydrogen) atoms. The minimum atomic E-state index is -0.213. The van der Waals surface area contributed by atoms with Crippen molar-refractivity contribution in [2.75, 3.05) is 5.32 Å². The van der Waals surface area contributed by atoms with E-state index in [-0.39, 0.29) is 11.7 Å². The monoisotopic (exact) mass is 413 g/mol. The quantitative estimate of drug-likeness (QED) is 0.591. The average Bonchev–Trinajstić information content (AvgIpc) is 3.32. The number of carbonyl (C=O) groups is 1. The number of hydrogen-bond acceptors (Lipinski definition) is 3. The van der Waals surface area contributed by atoms with E-state index in [0.29, 0.717) is 41.5 Å². The molecule has 0 saturated heterocycles. The maximum atomic E-state index is 13.8. The molecular weight excluding hydrogens is 389 g/mol. The first-order chi connectivity index (χ1) is 15.1. The van der Waals surface area contributed by atoms with Crippen molar-refractivity contribution in [3.63, 3.8) is 0 Å². The molecule has 3 unspecified atom stereocenters. The van der Waals surface area contributed by atoms with Gasteiger partial charge in [0.2, 0.25) is 5.91 Å². The Hall–Kier alpha value is -3.26. The van der Waals surface area contributed by atoms with Gasteiger partial charge < -0.3 is 5.32 Å². The number of rotatable bonds is 4. The third-order valence-corrected chi connectivity index (χ3v) is 6.96. The zero-order valence-electron chi connectivity index (χ0n) is 17.2. The third-order valence-electron chi connectivity index (χ3n) is 6.96. The summed E-state index contributed by atoms with van der Waals surface area (Å²) in [4.78, 5) is 21.0. The fourth-order valence-electron chi connectivity index (χ4n) is 5.69. The lowest BCUT2D eigenvalue weighted by Gasteiger charge is -2.17. The summed E-state index contributed by atoms with van der Waals surface area (Å²) >= 11 is 0. The molecular formula is C26H24FN3O. The SMILES string of the molecule is C#Cc1ccc(NC(=O)CC2CC3CC(c4ccnc5ccc(F)cc45)C[C@@H]3C2)cn1. The van der Waals surface area contributed by atoms with Crippen LogP contribution >= 0.6 is 0 Å². The highest BCUT2D eigenvalue weighted by atomic mass is 19.1. The van der Waals surface area contributed by atoms with Crippen LogP contribution in [0.4, 0.5) is 10.1 Å². The van der Waals surface area contributed by atoms with Crippen LogP contribution in [0.1, 0.15) is 49.3 Å². The van der Waals surface area contributed by atoms with Gasteiger partial charge in [0.1, 0.15) is 11.5 Å². The van der Waals surface area contributed by atoms with Gasteiger partial charge in [0.05, 0.1) is 17.4 Å². The summed E-state index contributed by atoms with van der Waals surface area (Å²) < 4.78 is 13.8. The van der Waals surface area contributed by atoms with E-state index >= 15 is 0 Å². The molecule has 0 spiro atoms. The van der Waals surface area contributed by atoms with Crippen LogP contribution in [0.3, 0.4) is 0 Å². The van der Waals surface area contributed by atoms with Gasteiger partial charge in [-0.25, -0.2) is 9.37 Å². The Labute approximate surface area is 181 Å². The minimum absolute atomic E-state index is 0.0346. The number of anilines is 1. The van der Waals surface area contributed by atoms with Crippen LogP contribution in [0.5, 0.6) is 0 Å². The molecule has 5 rings (SSSR count). The highest BCUT2D eigenvalue weighted by Crippen LogP contribution is 2.53. The van der Waals surface area contributed by atoms with E-state index in [4.69, 9.17) is 6.42 Å². The van der Waals surface area contributed by atoms with Gasteiger partial charge in [-0.3, -0.25) is 9.78 Å². The highest BCUT2D eigenvalue weighted by molar-refractivity contribution is 5.90. The van der Waals surface area contributed by atoms with Gasteiger partial charge in [-0.1, -0.05) is 5.92 Å². The lowest BCUT2D eigenvalue weighted by atomic mass is 9.89. The average molecular weight is 413 g/mol. The largest absolute Gasteiger partial charge is 0.325 e. The Kier molecular flexibility index (Phi) is 5.15. The smallest absolute Gasteiger partial charge is 0.224 e. The number of carbonyl (C=O) groups excluding carboxylic acids is 1. The molecule has 2 saturated carbocycles. The lowest BCUT2D eigenvalue weighted by molar-refractivity contribution is -0.117. The number of pyridine rings is 2. The molecule has 2 fully saturated rings. The summed E-state index contributed by atoms with van der Waals surface area (Å²) in [6, 6.07) is 10.4. The number of aromatic nitrogens is 2. The van der Waals surface area contributed by atoms with Gasteiger partial charge in [-0.2, -0.15) is 0 Å². The molecule has 4 atom stereocenters. The minimum Gasteiger partial charge on any atom is -0.325 e. The number of nitrogens with one attached hydrogen (secondary N) is 1. The molecule has 2 aliphatic carbocycles. The van der Waals surface area contributed by atoms with Gasteiger partial charge >= 0.3 is 0 Å². The van der Waals surface area contributed by atoms with Crippen LogP contribution in [-0.2, 0) is 4.79 Å². The van der Waals surface area contributed by atoms with E-state index in [9.17, 15) is 9.18 Å². The molecule has 0 aliphatic heterocycles. The molecule has 156 valence electrons. The van der Waals surface area contributed by atoms with Gasteiger partial charge in [0.15, 0.2) is 0 Å². The Morgan fingerprint density at radius 1 is 1.10 bits per heavy atom. The van der Waals surface area contributed by atoms with E-state index in [1.165, 1.54) is 11.6 Å². The van der Waals surface area contributed by atoms with E-state index in [0.717, 1.165) is 36.6 Å². The zero-order chi connectivity index (χ0) is 21.4. The van der Waals surface area contributed by atoms with Crippen LogP contribution in [0.2, 0.25) is 0 Å². The number of amides is 1. The number of terminal acetylenes is 1. The summed E-state index contributed by atoms with van der Waals surface area (Å²) in [5.41, 5.74) is 3.31. The number of benzene rings is 1. The van der Waals surface area contributed by atoms with E-state index < -0.39 is 0 Å². The van der Waals surface area contributed by atoms with E-state index in [1.54, 1.807) is 30.5 Å². The van der Waals surface area contributed by atoms with Crippen molar-refractivity contribution in [3.05, 3.63) is 65.9 Å². The molecule has 1 N–H and O–H groups in total. The first kappa shape index (κ1) is 19.7.